The summed E-state index contributed by atoms with van der Waals surface area (Å²) in [5.74, 6) is 0. The van der Waals surface area contributed by atoms with E-state index in [1.807, 2.05) is 36.5 Å². The quantitative estimate of drug-likeness (QED) is 0.663. The molecule has 0 saturated carbocycles. The normalized spacial score (nSPS) is 10.7. The summed E-state index contributed by atoms with van der Waals surface area (Å²) in [5, 5.41) is 2.90. The molecule has 0 amide bonds. The van der Waals surface area contributed by atoms with Gasteiger partial charge in [0, 0.05) is 34.1 Å². The Bertz CT molecular complexity index is 717. The average molecular weight is 255 g/mol. The molecular weight excluding hydrogens is 244 g/mol. The molecule has 0 bridgehead atoms. The van der Waals surface area contributed by atoms with Crippen LogP contribution in [-0.2, 0) is 0 Å². The van der Waals surface area contributed by atoms with E-state index in [2.05, 4.69) is 11.1 Å². The molecule has 0 saturated heterocycles. The first-order valence-electron chi connectivity index (χ1n) is 5.64. The fourth-order valence-electron chi connectivity index (χ4n) is 2.11. The average Bonchev–Trinajstić information content (AvgIpc) is 2.41. The molecule has 2 N–H and O–H groups in total. The van der Waals surface area contributed by atoms with Crippen LogP contribution in [0.25, 0.3) is 21.9 Å². The Hall–Kier alpha value is -2.06. The zero-order valence-corrected chi connectivity index (χ0v) is 10.4. The van der Waals surface area contributed by atoms with Gasteiger partial charge in [-0.05, 0) is 35.2 Å². The standard InChI is InChI=1S/C15H11ClN2/c16-11-4-5-15(17)13(8-11)12-3-1-2-10-6-7-18-9-14(10)12/h1-9H,17H2. The first kappa shape index (κ1) is 11.1. The van der Waals surface area contributed by atoms with Crippen molar-refractivity contribution in [2.75, 3.05) is 5.73 Å². The monoisotopic (exact) mass is 254 g/mol. The molecule has 0 atom stereocenters. The summed E-state index contributed by atoms with van der Waals surface area (Å²) in [7, 11) is 0. The van der Waals surface area contributed by atoms with E-state index < -0.39 is 0 Å². The van der Waals surface area contributed by atoms with E-state index in [1.165, 1.54) is 0 Å². The number of pyridine rings is 1. The van der Waals surface area contributed by atoms with Crippen molar-refractivity contribution in [3.63, 3.8) is 0 Å². The molecule has 2 nitrogen and oxygen atoms in total. The van der Waals surface area contributed by atoms with Crippen LogP contribution in [0.15, 0.2) is 54.9 Å². The number of nitrogens with two attached hydrogens (primary N) is 1. The van der Waals surface area contributed by atoms with Crippen LogP contribution in [-0.4, -0.2) is 4.98 Å². The lowest BCUT2D eigenvalue weighted by molar-refractivity contribution is 1.36. The van der Waals surface area contributed by atoms with Crippen molar-refractivity contribution < 1.29 is 0 Å². The van der Waals surface area contributed by atoms with Crippen molar-refractivity contribution >= 4 is 28.1 Å². The van der Waals surface area contributed by atoms with Gasteiger partial charge in [-0.25, -0.2) is 0 Å². The van der Waals surface area contributed by atoms with E-state index in [4.69, 9.17) is 17.3 Å². The van der Waals surface area contributed by atoms with E-state index in [9.17, 15) is 0 Å². The third kappa shape index (κ3) is 1.81. The Morgan fingerprint density at radius 1 is 1.00 bits per heavy atom. The second-order valence-corrected chi connectivity index (χ2v) is 4.57. The molecule has 0 fully saturated rings. The van der Waals surface area contributed by atoms with Gasteiger partial charge in [-0.15, -0.1) is 0 Å². The Kier molecular flexibility index (Phi) is 2.65. The maximum Gasteiger partial charge on any atom is 0.0413 e. The van der Waals surface area contributed by atoms with Crippen LogP contribution in [0, 0.1) is 0 Å². The SMILES string of the molecule is Nc1ccc(Cl)cc1-c1cccc2ccncc12. The first-order valence-corrected chi connectivity index (χ1v) is 6.01. The van der Waals surface area contributed by atoms with Crippen LogP contribution < -0.4 is 5.73 Å². The van der Waals surface area contributed by atoms with E-state index in [0.717, 1.165) is 27.6 Å². The minimum absolute atomic E-state index is 0.681. The minimum Gasteiger partial charge on any atom is -0.398 e. The van der Waals surface area contributed by atoms with E-state index in [1.54, 1.807) is 12.3 Å². The predicted octanol–water partition coefficient (Wildman–Crippen LogP) is 4.14. The molecule has 0 aliphatic carbocycles. The van der Waals surface area contributed by atoms with Crippen molar-refractivity contribution in [2.45, 2.75) is 0 Å². The third-order valence-corrected chi connectivity index (χ3v) is 3.22. The first-order chi connectivity index (χ1) is 8.75. The fraction of sp³-hybridized carbons (Fsp3) is 0. The predicted molar refractivity (Wildman–Crippen MR) is 76.6 cm³/mol. The number of nitrogen functional groups attached to an aromatic ring is 1. The Morgan fingerprint density at radius 2 is 1.89 bits per heavy atom. The molecule has 0 unspecified atom stereocenters. The highest BCUT2D eigenvalue weighted by molar-refractivity contribution is 6.31. The van der Waals surface area contributed by atoms with E-state index in [0.29, 0.717) is 5.02 Å². The van der Waals surface area contributed by atoms with Gasteiger partial charge in [-0.1, -0.05) is 29.8 Å². The van der Waals surface area contributed by atoms with Crippen molar-refractivity contribution in [3.05, 3.63) is 59.9 Å². The number of nitrogens with zero attached hydrogens (tertiary/aromatic N) is 1. The topological polar surface area (TPSA) is 38.9 Å². The van der Waals surface area contributed by atoms with Crippen LogP contribution in [0.4, 0.5) is 5.69 Å². The lowest BCUT2D eigenvalue weighted by Crippen LogP contribution is -1.91. The zero-order chi connectivity index (χ0) is 12.5. The Labute approximate surface area is 110 Å². The van der Waals surface area contributed by atoms with Gasteiger partial charge < -0.3 is 5.73 Å². The molecule has 3 heteroatoms. The summed E-state index contributed by atoms with van der Waals surface area (Å²) < 4.78 is 0. The van der Waals surface area contributed by atoms with Gasteiger partial charge in [0.15, 0.2) is 0 Å². The van der Waals surface area contributed by atoms with Crippen molar-refractivity contribution in [2.24, 2.45) is 0 Å². The lowest BCUT2D eigenvalue weighted by Gasteiger charge is -2.09. The highest BCUT2D eigenvalue weighted by Gasteiger charge is 2.07. The molecule has 2 aromatic carbocycles. The molecule has 3 aromatic rings. The van der Waals surface area contributed by atoms with Gasteiger partial charge in [0.25, 0.3) is 0 Å². The smallest absolute Gasteiger partial charge is 0.0413 e. The molecule has 3 rings (SSSR count). The van der Waals surface area contributed by atoms with Gasteiger partial charge in [-0.2, -0.15) is 0 Å². The Balaban J connectivity index is 2.35. The molecule has 0 aliphatic rings. The summed E-state index contributed by atoms with van der Waals surface area (Å²) in [6.07, 6.45) is 3.64. The molecule has 1 heterocycles. The molecular formula is C15H11ClN2. The summed E-state index contributed by atoms with van der Waals surface area (Å²) in [6, 6.07) is 13.6. The van der Waals surface area contributed by atoms with Gasteiger partial charge in [0.05, 0.1) is 0 Å². The van der Waals surface area contributed by atoms with Gasteiger partial charge in [0.1, 0.15) is 0 Å². The van der Waals surface area contributed by atoms with Gasteiger partial charge in [0.2, 0.25) is 0 Å². The fourth-order valence-corrected chi connectivity index (χ4v) is 2.28. The zero-order valence-electron chi connectivity index (χ0n) is 9.60. The molecule has 18 heavy (non-hydrogen) atoms. The van der Waals surface area contributed by atoms with Gasteiger partial charge in [-0.3, -0.25) is 4.98 Å². The number of anilines is 1. The largest absolute Gasteiger partial charge is 0.398 e. The summed E-state index contributed by atoms with van der Waals surface area (Å²) in [6.45, 7) is 0. The van der Waals surface area contributed by atoms with Crippen molar-refractivity contribution in [1.82, 2.24) is 4.98 Å². The van der Waals surface area contributed by atoms with Crippen molar-refractivity contribution in [3.8, 4) is 11.1 Å². The van der Waals surface area contributed by atoms with E-state index in [-0.39, 0.29) is 0 Å². The van der Waals surface area contributed by atoms with Crippen LogP contribution in [0.3, 0.4) is 0 Å². The summed E-state index contributed by atoms with van der Waals surface area (Å²) in [5.41, 5.74) is 8.75. The molecule has 88 valence electrons. The highest BCUT2D eigenvalue weighted by Crippen LogP contribution is 2.33. The second kappa shape index (κ2) is 4.31. The number of aromatic nitrogens is 1. The molecule has 0 aliphatic heterocycles. The number of rotatable bonds is 1. The number of hydrogen-bond donors (Lipinski definition) is 1. The lowest BCUT2D eigenvalue weighted by atomic mass is 9.98. The molecule has 0 spiro atoms. The Morgan fingerprint density at radius 3 is 2.78 bits per heavy atom. The van der Waals surface area contributed by atoms with Crippen LogP contribution in [0.5, 0.6) is 0 Å². The van der Waals surface area contributed by atoms with Crippen LogP contribution >= 0.6 is 11.6 Å². The third-order valence-electron chi connectivity index (χ3n) is 2.99. The van der Waals surface area contributed by atoms with Gasteiger partial charge >= 0.3 is 0 Å². The second-order valence-electron chi connectivity index (χ2n) is 4.13. The number of benzene rings is 2. The molecule has 0 radical (unpaired) electrons. The maximum atomic E-state index is 6.05. The number of fused-ring (bicyclic) bond motifs is 1. The minimum atomic E-state index is 0.681. The molecule has 1 aromatic heterocycles. The maximum absolute atomic E-state index is 6.05. The van der Waals surface area contributed by atoms with E-state index >= 15 is 0 Å². The highest BCUT2D eigenvalue weighted by atomic mass is 35.5. The van der Waals surface area contributed by atoms with Crippen LogP contribution in [0.2, 0.25) is 5.02 Å². The number of hydrogen-bond acceptors (Lipinski definition) is 2. The van der Waals surface area contributed by atoms with Crippen LogP contribution in [0.1, 0.15) is 0 Å². The van der Waals surface area contributed by atoms with Crippen molar-refractivity contribution in [1.29, 1.82) is 0 Å². The number of halogens is 1. The summed E-state index contributed by atoms with van der Waals surface area (Å²) in [4.78, 5) is 4.18. The summed E-state index contributed by atoms with van der Waals surface area (Å²) >= 11 is 6.05.